The average molecular weight is 460 g/mol. The number of nitrogens with one attached hydrogen (secondary N) is 2. The Morgan fingerprint density at radius 1 is 1.10 bits per heavy atom. The lowest BCUT2D eigenvalue weighted by molar-refractivity contribution is 0.101. The van der Waals surface area contributed by atoms with Gasteiger partial charge in [-0.3, -0.25) is 4.79 Å². The molecule has 2 aromatic carbocycles. The maximum absolute atomic E-state index is 13.7. The third-order valence-electron chi connectivity index (χ3n) is 4.53. The van der Waals surface area contributed by atoms with Crippen LogP contribution < -0.4 is 10.0 Å². The molecular weight excluding hydrogens is 445 g/mol. The smallest absolute Gasteiger partial charge is 0.272 e. The molecule has 0 fully saturated rings. The fourth-order valence-corrected chi connectivity index (χ4v) is 4.11. The molecule has 0 aliphatic rings. The van der Waals surface area contributed by atoms with Crippen molar-refractivity contribution in [3.8, 4) is 0 Å². The van der Waals surface area contributed by atoms with E-state index in [1.165, 1.54) is 48.8 Å². The Labute approximate surface area is 181 Å². The summed E-state index contributed by atoms with van der Waals surface area (Å²) in [4.78, 5) is 20.3. The quantitative estimate of drug-likeness (QED) is 0.472. The molecule has 8 nitrogen and oxygen atoms in total. The van der Waals surface area contributed by atoms with Gasteiger partial charge in [-0.25, -0.2) is 27.5 Å². The number of benzene rings is 2. The van der Waals surface area contributed by atoms with Crippen LogP contribution in [0.2, 0.25) is 5.02 Å². The minimum Gasteiger partial charge on any atom is -0.340 e. The van der Waals surface area contributed by atoms with Gasteiger partial charge in [0.1, 0.15) is 11.5 Å². The second kappa shape index (κ2) is 7.97. The first-order chi connectivity index (χ1) is 14.7. The van der Waals surface area contributed by atoms with E-state index in [1.807, 2.05) is 0 Å². The molecule has 4 rings (SSSR count). The number of hydrogen-bond donors (Lipinski definition) is 2. The predicted octanol–water partition coefficient (Wildman–Crippen LogP) is 3.81. The lowest BCUT2D eigenvalue weighted by atomic mass is 10.2. The van der Waals surface area contributed by atoms with Gasteiger partial charge in [0.2, 0.25) is 5.95 Å². The summed E-state index contributed by atoms with van der Waals surface area (Å²) >= 11 is 5.83. The summed E-state index contributed by atoms with van der Waals surface area (Å²) < 4.78 is 42.4. The molecule has 0 aliphatic heterocycles. The standard InChI is InChI=1S/C20H15ClFN5O3S/c1-27-17-11-15(21)16(22)9-12(17)10-18(27)19(28)25-13-3-5-14(6-4-13)31(29,30)26-20-23-7-2-8-24-20/h2-11H,1H3,(H,25,28)(H,23,24,26). The summed E-state index contributed by atoms with van der Waals surface area (Å²) in [7, 11) is -2.22. The number of carbonyl (C=O) groups is 1. The van der Waals surface area contributed by atoms with E-state index in [-0.39, 0.29) is 21.6 Å². The predicted molar refractivity (Wildman–Crippen MR) is 115 cm³/mol. The Balaban J connectivity index is 1.53. The molecule has 0 unspecified atom stereocenters. The van der Waals surface area contributed by atoms with E-state index in [0.717, 1.165) is 0 Å². The van der Waals surface area contributed by atoms with Crippen LogP contribution in [-0.4, -0.2) is 28.9 Å². The highest BCUT2D eigenvalue weighted by atomic mass is 35.5. The molecule has 0 bridgehead atoms. The molecule has 11 heteroatoms. The SMILES string of the molecule is Cn1c(C(=O)Nc2ccc(S(=O)(=O)Nc3ncccn3)cc2)cc2cc(F)c(Cl)cc21. The third-order valence-corrected chi connectivity index (χ3v) is 6.16. The van der Waals surface area contributed by atoms with E-state index in [1.54, 1.807) is 23.7 Å². The molecule has 2 N–H and O–H groups in total. The van der Waals surface area contributed by atoms with Crippen molar-refractivity contribution in [1.82, 2.24) is 14.5 Å². The van der Waals surface area contributed by atoms with Crippen LogP contribution in [0.3, 0.4) is 0 Å². The van der Waals surface area contributed by atoms with Gasteiger partial charge in [0.05, 0.1) is 15.4 Å². The van der Waals surface area contributed by atoms with Gasteiger partial charge in [-0.1, -0.05) is 11.6 Å². The van der Waals surface area contributed by atoms with E-state index >= 15 is 0 Å². The zero-order chi connectivity index (χ0) is 22.2. The van der Waals surface area contributed by atoms with Gasteiger partial charge < -0.3 is 9.88 Å². The molecule has 4 aromatic rings. The normalized spacial score (nSPS) is 11.5. The van der Waals surface area contributed by atoms with Crippen LogP contribution in [0.1, 0.15) is 10.5 Å². The maximum atomic E-state index is 13.7. The highest BCUT2D eigenvalue weighted by Crippen LogP contribution is 2.26. The van der Waals surface area contributed by atoms with E-state index in [9.17, 15) is 17.6 Å². The second-order valence-corrected chi connectivity index (χ2v) is 8.66. The van der Waals surface area contributed by atoms with Gasteiger partial charge in [0.15, 0.2) is 0 Å². The molecule has 2 heterocycles. The summed E-state index contributed by atoms with van der Waals surface area (Å²) in [6.07, 6.45) is 2.83. The first kappa shape index (κ1) is 20.8. The van der Waals surface area contributed by atoms with Gasteiger partial charge >= 0.3 is 0 Å². The number of rotatable bonds is 5. The zero-order valence-corrected chi connectivity index (χ0v) is 17.6. The van der Waals surface area contributed by atoms with Gasteiger partial charge in [-0.15, -0.1) is 0 Å². The van der Waals surface area contributed by atoms with Gasteiger partial charge in [-0.2, -0.15) is 0 Å². The number of amides is 1. The van der Waals surface area contributed by atoms with Crippen molar-refractivity contribution in [3.05, 3.63) is 77.5 Å². The molecule has 0 aliphatic carbocycles. The van der Waals surface area contributed by atoms with E-state index < -0.39 is 21.7 Å². The number of fused-ring (bicyclic) bond motifs is 1. The monoisotopic (exact) mass is 459 g/mol. The number of halogens is 2. The highest BCUT2D eigenvalue weighted by molar-refractivity contribution is 7.92. The van der Waals surface area contributed by atoms with Gasteiger partial charge in [0, 0.05) is 30.5 Å². The first-order valence-corrected chi connectivity index (χ1v) is 10.8. The lowest BCUT2D eigenvalue weighted by Crippen LogP contribution is -2.16. The minimum absolute atomic E-state index is 0.0207. The molecule has 0 radical (unpaired) electrons. The molecule has 0 saturated heterocycles. The molecule has 0 spiro atoms. The summed E-state index contributed by atoms with van der Waals surface area (Å²) in [6, 6.07) is 11.4. The summed E-state index contributed by atoms with van der Waals surface area (Å²) in [5.41, 5.74) is 1.28. The van der Waals surface area contributed by atoms with Crippen LogP contribution in [-0.2, 0) is 17.1 Å². The fraction of sp³-hybridized carbons (Fsp3) is 0.0500. The molecule has 0 saturated carbocycles. The molecule has 1 amide bonds. The number of aromatic nitrogens is 3. The van der Waals surface area contributed by atoms with Crippen molar-refractivity contribution in [3.63, 3.8) is 0 Å². The minimum atomic E-state index is -3.88. The van der Waals surface area contributed by atoms with Crippen LogP contribution in [0, 0.1) is 5.82 Å². The van der Waals surface area contributed by atoms with Crippen LogP contribution >= 0.6 is 11.6 Å². The van der Waals surface area contributed by atoms with Crippen molar-refractivity contribution in [1.29, 1.82) is 0 Å². The largest absolute Gasteiger partial charge is 0.340 e. The Hall–Kier alpha value is -3.50. The van der Waals surface area contributed by atoms with Crippen molar-refractivity contribution < 1.29 is 17.6 Å². The lowest BCUT2D eigenvalue weighted by Gasteiger charge is -2.09. The fourth-order valence-electron chi connectivity index (χ4n) is 2.99. The van der Waals surface area contributed by atoms with Crippen molar-refractivity contribution >= 4 is 50.1 Å². The van der Waals surface area contributed by atoms with E-state index in [4.69, 9.17) is 11.6 Å². The van der Waals surface area contributed by atoms with Crippen LogP contribution in [0.4, 0.5) is 16.0 Å². The van der Waals surface area contributed by atoms with E-state index in [2.05, 4.69) is 20.0 Å². The highest BCUT2D eigenvalue weighted by Gasteiger charge is 2.18. The Morgan fingerprint density at radius 3 is 2.45 bits per heavy atom. The number of hydrogen-bond acceptors (Lipinski definition) is 5. The second-order valence-electron chi connectivity index (χ2n) is 6.57. The van der Waals surface area contributed by atoms with Gasteiger partial charge in [0.25, 0.3) is 15.9 Å². The number of nitrogens with zero attached hydrogens (tertiary/aromatic N) is 3. The van der Waals surface area contributed by atoms with Crippen molar-refractivity contribution in [2.75, 3.05) is 10.0 Å². The summed E-state index contributed by atoms with van der Waals surface area (Å²) in [5.74, 6) is -1.06. The molecule has 2 aromatic heterocycles. The number of carbonyl (C=O) groups excluding carboxylic acids is 1. The number of anilines is 2. The Morgan fingerprint density at radius 2 is 1.77 bits per heavy atom. The molecule has 0 atom stereocenters. The number of sulfonamides is 1. The Kier molecular flexibility index (Phi) is 5.34. The van der Waals surface area contributed by atoms with Crippen molar-refractivity contribution in [2.45, 2.75) is 4.90 Å². The third kappa shape index (κ3) is 4.21. The van der Waals surface area contributed by atoms with Crippen LogP contribution in [0.15, 0.2) is 65.8 Å². The van der Waals surface area contributed by atoms with Crippen LogP contribution in [0.25, 0.3) is 10.9 Å². The van der Waals surface area contributed by atoms with Crippen molar-refractivity contribution in [2.24, 2.45) is 7.05 Å². The Bertz CT molecular complexity index is 1390. The topological polar surface area (TPSA) is 106 Å². The van der Waals surface area contributed by atoms with Crippen LogP contribution in [0.5, 0.6) is 0 Å². The molecular formula is C20H15ClFN5O3S. The molecule has 158 valence electrons. The maximum Gasteiger partial charge on any atom is 0.272 e. The zero-order valence-electron chi connectivity index (χ0n) is 16.0. The average Bonchev–Trinajstić information content (AvgIpc) is 3.05. The van der Waals surface area contributed by atoms with E-state index in [0.29, 0.717) is 16.6 Å². The summed E-state index contributed by atoms with van der Waals surface area (Å²) in [5, 5.41) is 3.19. The molecule has 31 heavy (non-hydrogen) atoms. The first-order valence-electron chi connectivity index (χ1n) is 8.90. The number of aryl methyl sites for hydroxylation is 1. The van der Waals surface area contributed by atoms with Gasteiger partial charge in [-0.05, 0) is 48.5 Å². The summed E-state index contributed by atoms with van der Waals surface area (Å²) in [6.45, 7) is 0.